The number of rotatable bonds is 5. The maximum absolute atomic E-state index is 12.4. The van der Waals surface area contributed by atoms with E-state index in [-0.39, 0.29) is 11.9 Å². The lowest BCUT2D eigenvalue weighted by Crippen LogP contribution is -2.54. The first-order chi connectivity index (χ1) is 12.1. The molecular formula is C19H23ClN4O. The molecule has 1 saturated heterocycles. The zero-order chi connectivity index (χ0) is 17.6. The number of nitrogens with one attached hydrogen (secondary N) is 1. The Morgan fingerprint density at radius 3 is 2.52 bits per heavy atom. The van der Waals surface area contributed by atoms with E-state index in [4.69, 9.17) is 11.6 Å². The van der Waals surface area contributed by atoms with E-state index in [0.717, 1.165) is 37.6 Å². The second-order valence-electron chi connectivity index (χ2n) is 6.23. The minimum absolute atomic E-state index is 0.0567. The van der Waals surface area contributed by atoms with Crippen LogP contribution in [0.1, 0.15) is 12.5 Å². The minimum Gasteiger partial charge on any atom is -0.354 e. The first-order valence-electron chi connectivity index (χ1n) is 8.55. The Hall–Kier alpha value is -2.11. The van der Waals surface area contributed by atoms with E-state index in [0.29, 0.717) is 11.6 Å². The molecule has 0 saturated carbocycles. The molecule has 1 amide bonds. The molecule has 2 aromatic rings. The van der Waals surface area contributed by atoms with Crippen molar-refractivity contribution >= 4 is 23.3 Å². The van der Waals surface area contributed by atoms with Crippen LogP contribution >= 0.6 is 11.6 Å². The van der Waals surface area contributed by atoms with Crippen molar-refractivity contribution in [2.24, 2.45) is 0 Å². The first kappa shape index (κ1) is 17.7. The number of halogens is 1. The zero-order valence-corrected chi connectivity index (χ0v) is 15.1. The van der Waals surface area contributed by atoms with Crippen LogP contribution in [0.15, 0.2) is 48.7 Å². The van der Waals surface area contributed by atoms with Gasteiger partial charge < -0.3 is 10.2 Å². The van der Waals surface area contributed by atoms with Crippen LogP contribution in [0.2, 0.25) is 5.02 Å². The predicted molar refractivity (Wildman–Crippen MR) is 101 cm³/mol. The topological polar surface area (TPSA) is 48.5 Å². The number of amides is 1. The minimum atomic E-state index is -0.141. The fourth-order valence-electron chi connectivity index (χ4n) is 2.98. The second kappa shape index (κ2) is 8.32. The Morgan fingerprint density at radius 1 is 1.16 bits per heavy atom. The summed E-state index contributed by atoms with van der Waals surface area (Å²) >= 11 is 5.88. The van der Waals surface area contributed by atoms with Gasteiger partial charge in [-0.2, -0.15) is 0 Å². The van der Waals surface area contributed by atoms with E-state index in [1.165, 1.54) is 0 Å². The average Bonchev–Trinajstić information content (AvgIpc) is 2.67. The van der Waals surface area contributed by atoms with Crippen molar-refractivity contribution in [1.82, 2.24) is 15.2 Å². The van der Waals surface area contributed by atoms with Crippen LogP contribution in [-0.2, 0) is 11.3 Å². The van der Waals surface area contributed by atoms with Crippen molar-refractivity contribution in [2.45, 2.75) is 19.5 Å². The third kappa shape index (κ3) is 4.71. The smallest absolute Gasteiger partial charge is 0.237 e. The van der Waals surface area contributed by atoms with E-state index < -0.39 is 0 Å². The average molecular weight is 359 g/mol. The molecule has 2 heterocycles. The molecule has 132 valence electrons. The van der Waals surface area contributed by atoms with Crippen LogP contribution in [-0.4, -0.2) is 48.0 Å². The summed E-state index contributed by atoms with van der Waals surface area (Å²) in [6.45, 7) is 5.96. The van der Waals surface area contributed by atoms with E-state index >= 15 is 0 Å². The van der Waals surface area contributed by atoms with Gasteiger partial charge in [0.15, 0.2) is 0 Å². The number of carbonyl (C=O) groups is 1. The number of piperazine rings is 1. The van der Waals surface area contributed by atoms with Gasteiger partial charge >= 0.3 is 0 Å². The summed E-state index contributed by atoms with van der Waals surface area (Å²) in [4.78, 5) is 21.3. The Bertz CT molecular complexity index is 684. The number of anilines is 1. The number of hydrogen-bond donors (Lipinski definition) is 1. The van der Waals surface area contributed by atoms with E-state index in [2.05, 4.69) is 20.1 Å². The lowest BCUT2D eigenvalue weighted by Gasteiger charge is -2.37. The maximum Gasteiger partial charge on any atom is 0.237 e. The quantitative estimate of drug-likeness (QED) is 0.892. The highest BCUT2D eigenvalue weighted by molar-refractivity contribution is 6.30. The van der Waals surface area contributed by atoms with Crippen LogP contribution in [0.5, 0.6) is 0 Å². The number of aromatic nitrogens is 1. The molecular weight excluding hydrogens is 336 g/mol. The van der Waals surface area contributed by atoms with Crippen LogP contribution in [0.3, 0.4) is 0 Å². The highest BCUT2D eigenvalue weighted by Crippen LogP contribution is 2.14. The highest BCUT2D eigenvalue weighted by atomic mass is 35.5. The summed E-state index contributed by atoms with van der Waals surface area (Å²) in [6.07, 6.45) is 1.81. The Morgan fingerprint density at radius 2 is 1.88 bits per heavy atom. The third-order valence-corrected chi connectivity index (χ3v) is 4.85. The molecule has 1 atom stereocenters. The van der Waals surface area contributed by atoms with Crippen molar-refractivity contribution in [3.8, 4) is 0 Å². The number of carbonyl (C=O) groups excluding carboxylic acids is 1. The van der Waals surface area contributed by atoms with Gasteiger partial charge in [0.2, 0.25) is 5.91 Å². The molecule has 1 N–H and O–H groups in total. The number of hydrogen-bond acceptors (Lipinski definition) is 4. The standard InChI is InChI=1S/C19H23ClN4O/c1-15(19(25)22-14-16-5-7-17(20)8-6-16)23-10-12-24(13-11-23)18-4-2-3-9-21-18/h2-9,15H,10-14H2,1H3,(H,22,25). The van der Waals surface area contributed by atoms with Gasteiger partial charge in [0.1, 0.15) is 5.82 Å². The highest BCUT2D eigenvalue weighted by Gasteiger charge is 2.25. The normalized spacial score (nSPS) is 16.5. The summed E-state index contributed by atoms with van der Waals surface area (Å²) in [5.41, 5.74) is 1.05. The van der Waals surface area contributed by atoms with Crippen molar-refractivity contribution in [2.75, 3.05) is 31.1 Å². The van der Waals surface area contributed by atoms with E-state index in [1.54, 1.807) is 0 Å². The SMILES string of the molecule is CC(C(=O)NCc1ccc(Cl)cc1)N1CCN(c2ccccn2)CC1. The lowest BCUT2D eigenvalue weighted by molar-refractivity contribution is -0.126. The molecule has 6 heteroatoms. The van der Waals surface area contributed by atoms with Gasteiger partial charge in [-0.25, -0.2) is 4.98 Å². The molecule has 1 aromatic heterocycles. The Kier molecular flexibility index (Phi) is 5.89. The molecule has 0 spiro atoms. The van der Waals surface area contributed by atoms with Gasteiger partial charge in [-0.1, -0.05) is 29.8 Å². The summed E-state index contributed by atoms with van der Waals surface area (Å²) < 4.78 is 0. The molecule has 25 heavy (non-hydrogen) atoms. The Labute approximate surface area is 153 Å². The number of pyridine rings is 1. The monoisotopic (exact) mass is 358 g/mol. The summed E-state index contributed by atoms with van der Waals surface area (Å²) in [7, 11) is 0. The molecule has 5 nitrogen and oxygen atoms in total. The summed E-state index contributed by atoms with van der Waals surface area (Å²) in [5.74, 6) is 1.06. The van der Waals surface area contributed by atoms with Gasteiger partial charge in [-0.05, 0) is 36.8 Å². The second-order valence-corrected chi connectivity index (χ2v) is 6.67. The molecule has 1 fully saturated rings. The van der Waals surface area contributed by atoms with Gasteiger partial charge in [0, 0.05) is 43.9 Å². The fraction of sp³-hybridized carbons (Fsp3) is 0.368. The first-order valence-corrected chi connectivity index (χ1v) is 8.93. The van der Waals surface area contributed by atoms with E-state index in [1.807, 2.05) is 55.6 Å². The molecule has 1 aliphatic heterocycles. The van der Waals surface area contributed by atoms with Crippen molar-refractivity contribution in [3.63, 3.8) is 0 Å². The lowest BCUT2D eigenvalue weighted by atomic mass is 10.2. The molecule has 3 rings (SSSR count). The van der Waals surface area contributed by atoms with Crippen molar-refractivity contribution < 1.29 is 4.79 Å². The predicted octanol–water partition coefficient (Wildman–Crippen LogP) is 2.56. The molecule has 0 radical (unpaired) electrons. The van der Waals surface area contributed by atoms with Crippen LogP contribution in [0.25, 0.3) is 0 Å². The molecule has 1 unspecified atom stereocenters. The molecule has 0 aliphatic carbocycles. The Balaban J connectivity index is 1.47. The zero-order valence-electron chi connectivity index (χ0n) is 14.4. The van der Waals surface area contributed by atoms with Gasteiger partial charge in [0.05, 0.1) is 6.04 Å². The van der Waals surface area contributed by atoms with Crippen LogP contribution in [0, 0.1) is 0 Å². The van der Waals surface area contributed by atoms with Gasteiger partial charge in [0.25, 0.3) is 0 Å². The molecule has 0 bridgehead atoms. The number of benzene rings is 1. The van der Waals surface area contributed by atoms with Crippen LogP contribution in [0.4, 0.5) is 5.82 Å². The summed E-state index contributed by atoms with van der Waals surface area (Å²) in [6, 6.07) is 13.3. The van der Waals surface area contributed by atoms with Crippen LogP contribution < -0.4 is 10.2 Å². The molecule has 1 aromatic carbocycles. The van der Waals surface area contributed by atoms with E-state index in [9.17, 15) is 4.79 Å². The largest absolute Gasteiger partial charge is 0.354 e. The van der Waals surface area contributed by atoms with Crippen molar-refractivity contribution in [1.29, 1.82) is 0 Å². The number of nitrogens with zero attached hydrogens (tertiary/aromatic N) is 3. The third-order valence-electron chi connectivity index (χ3n) is 4.59. The van der Waals surface area contributed by atoms with Crippen molar-refractivity contribution in [3.05, 3.63) is 59.2 Å². The maximum atomic E-state index is 12.4. The summed E-state index contributed by atoms with van der Waals surface area (Å²) in [5, 5.41) is 3.71. The van der Waals surface area contributed by atoms with Gasteiger partial charge in [-0.3, -0.25) is 9.69 Å². The fourth-order valence-corrected chi connectivity index (χ4v) is 3.11. The molecule has 1 aliphatic rings. The van der Waals surface area contributed by atoms with Gasteiger partial charge in [-0.15, -0.1) is 0 Å².